The van der Waals surface area contributed by atoms with Crippen molar-refractivity contribution in [3.05, 3.63) is 69.8 Å². The highest BCUT2D eigenvalue weighted by molar-refractivity contribution is 5.87. The summed E-state index contributed by atoms with van der Waals surface area (Å²) in [7, 11) is 1.43. The lowest BCUT2D eigenvalue weighted by Crippen LogP contribution is -2.00. The Morgan fingerprint density at radius 1 is 1.25 bits per heavy atom. The van der Waals surface area contributed by atoms with Crippen LogP contribution < -0.4 is 4.74 Å². The lowest BCUT2D eigenvalue weighted by molar-refractivity contribution is -0.384. The lowest BCUT2D eigenvalue weighted by atomic mass is 10.2. The quantitative estimate of drug-likeness (QED) is 0.378. The number of methoxy groups -OCH3 is 1. The molecule has 0 aromatic heterocycles. The monoisotopic (exact) mass is 329 g/mol. The molecule has 0 unspecified atom stereocenters. The molecule has 0 atom stereocenters. The van der Waals surface area contributed by atoms with Crippen molar-refractivity contribution in [2.45, 2.75) is 6.61 Å². The Balaban J connectivity index is 1.92. The number of nitro benzene ring substituents is 1. The van der Waals surface area contributed by atoms with Crippen LogP contribution in [0.5, 0.6) is 11.5 Å². The summed E-state index contributed by atoms with van der Waals surface area (Å²) in [6.45, 7) is 0.0140. The van der Waals surface area contributed by atoms with Crippen molar-refractivity contribution in [2.75, 3.05) is 7.11 Å². The zero-order chi connectivity index (χ0) is 17.5. The molecule has 0 spiro atoms. The predicted molar refractivity (Wildman–Crippen MR) is 86.6 cm³/mol. The highest BCUT2D eigenvalue weighted by Crippen LogP contribution is 2.26. The summed E-state index contributed by atoms with van der Waals surface area (Å²) in [5.74, 6) is -0.243. The summed E-state index contributed by atoms with van der Waals surface area (Å²) in [6, 6.07) is 10.4. The van der Waals surface area contributed by atoms with Crippen LogP contribution in [0.15, 0.2) is 48.5 Å². The third-order valence-electron chi connectivity index (χ3n) is 3.14. The molecule has 124 valence electrons. The average molecular weight is 329 g/mol. The van der Waals surface area contributed by atoms with Gasteiger partial charge in [0.25, 0.3) is 5.69 Å². The number of nitrogens with zero attached hydrogens (tertiary/aromatic N) is 1. The fraction of sp³-hybridized carbons (Fsp3) is 0.118. The Labute approximate surface area is 137 Å². The van der Waals surface area contributed by atoms with Gasteiger partial charge in [-0.25, -0.2) is 4.79 Å². The van der Waals surface area contributed by atoms with Crippen molar-refractivity contribution < 1.29 is 24.3 Å². The van der Waals surface area contributed by atoms with Crippen LogP contribution in [-0.2, 0) is 16.1 Å². The molecule has 24 heavy (non-hydrogen) atoms. The molecular weight excluding hydrogens is 314 g/mol. The maximum absolute atomic E-state index is 11.7. The van der Waals surface area contributed by atoms with E-state index in [1.165, 1.54) is 49.6 Å². The highest BCUT2D eigenvalue weighted by atomic mass is 16.6. The van der Waals surface area contributed by atoms with Crippen LogP contribution in [0.3, 0.4) is 0 Å². The molecule has 0 saturated carbocycles. The largest absolute Gasteiger partial charge is 0.504 e. The van der Waals surface area contributed by atoms with Gasteiger partial charge in [-0.05, 0) is 41.5 Å². The van der Waals surface area contributed by atoms with E-state index in [-0.39, 0.29) is 18.0 Å². The number of carbonyl (C=O) groups is 1. The maximum atomic E-state index is 11.7. The second-order valence-electron chi connectivity index (χ2n) is 4.80. The first-order chi connectivity index (χ1) is 11.5. The van der Waals surface area contributed by atoms with Gasteiger partial charge in [-0.2, -0.15) is 0 Å². The summed E-state index contributed by atoms with van der Waals surface area (Å²) in [6.07, 6.45) is 2.78. The predicted octanol–water partition coefficient (Wildman–Crippen LogP) is 3.07. The molecular formula is C17H15NO6. The number of carbonyl (C=O) groups excluding carboxylic acids is 1. The van der Waals surface area contributed by atoms with Gasteiger partial charge in [0.2, 0.25) is 0 Å². The third-order valence-corrected chi connectivity index (χ3v) is 3.14. The first kappa shape index (κ1) is 17.0. The number of nitro groups is 1. The van der Waals surface area contributed by atoms with Crippen LogP contribution in [0.25, 0.3) is 6.08 Å². The molecule has 0 bridgehead atoms. The molecule has 0 aliphatic heterocycles. The van der Waals surface area contributed by atoms with Gasteiger partial charge in [-0.1, -0.05) is 6.07 Å². The van der Waals surface area contributed by atoms with Crippen LogP contribution in [0.2, 0.25) is 0 Å². The van der Waals surface area contributed by atoms with Gasteiger partial charge in [0.15, 0.2) is 11.5 Å². The molecule has 0 saturated heterocycles. The molecule has 0 fully saturated rings. The Morgan fingerprint density at radius 3 is 2.58 bits per heavy atom. The van der Waals surface area contributed by atoms with Crippen molar-refractivity contribution in [3.63, 3.8) is 0 Å². The van der Waals surface area contributed by atoms with Crippen molar-refractivity contribution in [2.24, 2.45) is 0 Å². The summed E-state index contributed by atoms with van der Waals surface area (Å²) in [5, 5.41) is 20.0. The van der Waals surface area contributed by atoms with Crippen molar-refractivity contribution >= 4 is 17.7 Å². The maximum Gasteiger partial charge on any atom is 0.331 e. The normalized spacial score (nSPS) is 10.5. The highest BCUT2D eigenvalue weighted by Gasteiger charge is 2.05. The Hall–Kier alpha value is -3.35. The van der Waals surface area contributed by atoms with Gasteiger partial charge >= 0.3 is 5.97 Å². The van der Waals surface area contributed by atoms with E-state index in [4.69, 9.17) is 9.47 Å². The van der Waals surface area contributed by atoms with E-state index in [2.05, 4.69) is 0 Å². The summed E-state index contributed by atoms with van der Waals surface area (Å²) in [4.78, 5) is 21.7. The fourth-order valence-electron chi connectivity index (χ4n) is 1.88. The zero-order valence-electron chi connectivity index (χ0n) is 12.8. The van der Waals surface area contributed by atoms with E-state index < -0.39 is 10.9 Å². The van der Waals surface area contributed by atoms with E-state index >= 15 is 0 Å². The number of non-ortho nitro benzene ring substituents is 1. The minimum atomic E-state index is -0.555. The van der Waals surface area contributed by atoms with E-state index in [0.717, 1.165) is 0 Å². The number of hydrogen-bond acceptors (Lipinski definition) is 6. The van der Waals surface area contributed by atoms with E-state index in [1.807, 2.05) is 0 Å². The number of rotatable bonds is 6. The SMILES string of the molecule is COc1cc(C=CC(=O)OCc2ccc([N+](=O)[O-])cc2)ccc1O. The number of ether oxygens (including phenoxy) is 2. The number of aromatic hydroxyl groups is 1. The number of hydrogen-bond donors (Lipinski definition) is 1. The van der Waals surface area contributed by atoms with Crippen LogP contribution in [0.4, 0.5) is 5.69 Å². The Morgan fingerprint density at radius 2 is 1.96 bits per heavy atom. The van der Waals surface area contributed by atoms with Crippen molar-refractivity contribution in [1.82, 2.24) is 0 Å². The standard InChI is InChI=1S/C17H15NO6/c1-23-16-10-12(4-8-15(16)19)5-9-17(20)24-11-13-2-6-14(7-3-13)18(21)22/h2-10,19H,11H2,1H3. The van der Waals surface area contributed by atoms with Gasteiger partial charge in [-0.15, -0.1) is 0 Å². The number of benzene rings is 2. The molecule has 0 radical (unpaired) electrons. The van der Waals surface area contributed by atoms with Crippen molar-refractivity contribution in [3.8, 4) is 11.5 Å². The van der Waals surface area contributed by atoms with Crippen LogP contribution in [-0.4, -0.2) is 23.1 Å². The van der Waals surface area contributed by atoms with E-state index in [1.54, 1.807) is 12.1 Å². The fourth-order valence-corrected chi connectivity index (χ4v) is 1.88. The zero-order valence-corrected chi connectivity index (χ0v) is 12.8. The molecule has 2 aromatic carbocycles. The Kier molecular flexibility index (Phi) is 5.51. The first-order valence-electron chi connectivity index (χ1n) is 6.95. The number of phenols is 1. The number of esters is 1. The molecule has 0 heterocycles. The number of phenolic OH excluding ortho intramolecular Hbond substituents is 1. The summed E-state index contributed by atoms with van der Waals surface area (Å²) >= 11 is 0. The van der Waals surface area contributed by atoms with Gasteiger partial charge in [0, 0.05) is 18.2 Å². The Bertz CT molecular complexity index is 767. The molecule has 1 N–H and O–H groups in total. The van der Waals surface area contributed by atoms with Crippen LogP contribution in [0, 0.1) is 10.1 Å². The summed E-state index contributed by atoms with van der Waals surface area (Å²) in [5.41, 5.74) is 1.29. The van der Waals surface area contributed by atoms with E-state index in [0.29, 0.717) is 16.9 Å². The first-order valence-corrected chi connectivity index (χ1v) is 6.95. The molecule has 7 nitrogen and oxygen atoms in total. The second kappa shape index (κ2) is 7.77. The third kappa shape index (κ3) is 4.57. The van der Waals surface area contributed by atoms with E-state index in [9.17, 15) is 20.0 Å². The minimum Gasteiger partial charge on any atom is -0.504 e. The molecule has 2 aromatic rings. The smallest absolute Gasteiger partial charge is 0.331 e. The van der Waals surface area contributed by atoms with Gasteiger partial charge < -0.3 is 14.6 Å². The summed E-state index contributed by atoms with van der Waals surface area (Å²) < 4.78 is 10.0. The molecule has 0 aliphatic carbocycles. The van der Waals surface area contributed by atoms with Crippen LogP contribution in [0.1, 0.15) is 11.1 Å². The lowest BCUT2D eigenvalue weighted by Gasteiger charge is -2.04. The second-order valence-corrected chi connectivity index (χ2v) is 4.80. The van der Waals surface area contributed by atoms with Gasteiger partial charge in [-0.3, -0.25) is 10.1 Å². The van der Waals surface area contributed by atoms with Gasteiger partial charge in [0.1, 0.15) is 6.61 Å². The van der Waals surface area contributed by atoms with Crippen LogP contribution >= 0.6 is 0 Å². The molecule has 0 aliphatic rings. The van der Waals surface area contributed by atoms with Gasteiger partial charge in [0.05, 0.1) is 12.0 Å². The molecule has 2 rings (SSSR count). The molecule has 7 heteroatoms. The minimum absolute atomic E-state index is 0.00963. The topological polar surface area (TPSA) is 98.9 Å². The molecule has 0 amide bonds. The average Bonchev–Trinajstić information content (AvgIpc) is 2.59. The van der Waals surface area contributed by atoms with Crippen molar-refractivity contribution in [1.29, 1.82) is 0 Å².